The molecule has 3 amide bonds. The third-order valence-corrected chi connectivity index (χ3v) is 7.69. The molecule has 0 bridgehead atoms. The van der Waals surface area contributed by atoms with Crippen molar-refractivity contribution in [2.75, 3.05) is 10.2 Å². The van der Waals surface area contributed by atoms with Crippen molar-refractivity contribution >= 4 is 70.0 Å². The Balaban J connectivity index is 1.40. The van der Waals surface area contributed by atoms with E-state index in [0.717, 1.165) is 9.80 Å². The lowest BCUT2D eigenvalue weighted by molar-refractivity contribution is -0.146. The van der Waals surface area contributed by atoms with Crippen molar-refractivity contribution in [1.82, 2.24) is 0 Å². The zero-order valence-corrected chi connectivity index (χ0v) is 20.1. The maximum absolute atomic E-state index is 12.9. The van der Waals surface area contributed by atoms with Crippen molar-refractivity contribution in [1.29, 1.82) is 0 Å². The van der Waals surface area contributed by atoms with Gasteiger partial charge in [-0.3, -0.25) is 19.2 Å². The minimum absolute atomic E-state index is 0.0496. The molecule has 2 aromatic carbocycles. The van der Waals surface area contributed by atoms with Crippen LogP contribution in [0.25, 0.3) is 0 Å². The lowest BCUT2D eigenvalue weighted by atomic mass is 9.82. The normalized spacial score (nSPS) is 22.2. The van der Waals surface area contributed by atoms with E-state index in [1.165, 1.54) is 23.9 Å². The van der Waals surface area contributed by atoms with E-state index in [4.69, 9.17) is 23.2 Å². The number of hydrogen-bond donors (Lipinski definition) is 2. The molecule has 0 unspecified atom stereocenters. The Kier molecular flexibility index (Phi) is 7.30. The number of amides is 3. The van der Waals surface area contributed by atoms with E-state index in [-0.39, 0.29) is 29.2 Å². The molecule has 1 aliphatic heterocycles. The number of hydrogen-bond acceptors (Lipinski definition) is 5. The Hall–Kier alpha value is -2.81. The fourth-order valence-electron chi connectivity index (χ4n) is 3.98. The number of carboxylic acids is 1. The minimum Gasteiger partial charge on any atom is -0.481 e. The highest BCUT2D eigenvalue weighted by molar-refractivity contribution is 8.00. The lowest BCUT2D eigenvalue weighted by Gasteiger charge is -2.24. The summed E-state index contributed by atoms with van der Waals surface area (Å²) in [7, 11) is 0. The van der Waals surface area contributed by atoms with Crippen LogP contribution in [0, 0.1) is 11.8 Å². The molecular weight excluding hydrogens is 499 g/mol. The number of imide groups is 1. The van der Waals surface area contributed by atoms with Crippen LogP contribution in [0.5, 0.6) is 0 Å². The number of aliphatic carboxylic acids is 1. The Bertz CT molecular complexity index is 1180. The molecule has 7 nitrogen and oxygen atoms in total. The van der Waals surface area contributed by atoms with Gasteiger partial charge < -0.3 is 10.4 Å². The fourth-order valence-corrected chi connectivity index (χ4v) is 5.33. The molecule has 2 aromatic rings. The van der Waals surface area contributed by atoms with E-state index in [0.29, 0.717) is 29.2 Å². The predicted octanol–water partition coefficient (Wildman–Crippen LogP) is 5.02. The van der Waals surface area contributed by atoms with Gasteiger partial charge in [-0.1, -0.05) is 35.4 Å². The molecule has 2 N–H and O–H groups in total. The van der Waals surface area contributed by atoms with Crippen LogP contribution in [0.4, 0.5) is 11.4 Å². The number of carbonyl (C=O) groups is 4. The Morgan fingerprint density at radius 2 is 1.65 bits per heavy atom. The molecule has 2 aliphatic rings. The molecule has 1 heterocycles. The van der Waals surface area contributed by atoms with Crippen LogP contribution in [0.15, 0.2) is 59.5 Å². The number of carboxylic acid groups (broad SMARTS) is 1. The maximum Gasteiger partial charge on any atom is 0.307 e. The summed E-state index contributed by atoms with van der Waals surface area (Å²) in [4.78, 5) is 51.3. The largest absolute Gasteiger partial charge is 0.481 e. The smallest absolute Gasteiger partial charge is 0.307 e. The van der Waals surface area contributed by atoms with E-state index in [2.05, 4.69) is 5.32 Å². The zero-order chi connectivity index (χ0) is 24.4. The second-order valence-electron chi connectivity index (χ2n) is 7.98. The number of allylic oxidation sites excluding steroid dienone is 2. The Labute approximate surface area is 210 Å². The maximum atomic E-state index is 12.9. The second kappa shape index (κ2) is 10.2. The van der Waals surface area contributed by atoms with E-state index >= 15 is 0 Å². The summed E-state index contributed by atoms with van der Waals surface area (Å²) >= 11 is 13.2. The number of rotatable bonds is 6. The van der Waals surface area contributed by atoms with E-state index in [1.54, 1.807) is 36.4 Å². The monoisotopic (exact) mass is 518 g/mol. The van der Waals surface area contributed by atoms with Crippen molar-refractivity contribution in [3.63, 3.8) is 0 Å². The van der Waals surface area contributed by atoms with Crippen molar-refractivity contribution in [3.05, 3.63) is 64.7 Å². The first-order valence-corrected chi connectivity index (χ1v) is 12.2. The molecule has 0 radical (unpaired) electrons. The molecule has 176 valence electrons. The van der Waals surface area contributed by atoms with Gasteiger partial charge in [0.1, 0.15) is 0 Å². The molecule has 4 rings (SSSR count). The van der Waals surface area contributed by atoms with Crippen molar-refractivity contribution in [3.8, 4) is 0 Å². The predicted molar refractivity (Wildman–Crippen MR) is 131 cm³/mol. The van der Waals surface area contributed by atoms with Crippen LogP contribution in [0.1, 0.15) is 19.3 Å². The van der Waals surface area contributed by atoms with Gasteiger partial charge in [0.05, 0.1) is 32.8 Å². The summed E-state index contributed by atoms with van der Waals surface area (Å²) < 4.78 is 0. The Morgan fingerprint density at radius 1 is 0.971 bits per heavy atom. The highest BCUT2D eigenvalue weighted by Crippen LogP contribution is 2.36. The van der Waals surface area contributed by atoms with Crippen molar-refractivity contribution in [2.24, 2.45) is 11.8 Å². The number of benzene rings is 2. The van der Waals surface area contributed by atoms with Crippen LogP contribution in [-0.2, 0) is 19.2 Å². The number of thioether (sulfide) groups is 1. The highest BCUT2D eigenvalue weighted by Gasteiger charge is 2.40. The summed E-state index contributed by atoms with van der Waals surface area (Å²) in [6, 6.07) is 11.5. The van der Waals surface area contributed by atoms with Gasteiger partial charge >= 0.3 is 5.97 Å². The van der Waals surface area contributed by atoms with Gasteiger partial charge in [-0.15, -0.1) is 11.8 Å². The molecule has 0 spiro atoms. The average Bonchev–Trinajstić information content (AvgIpc) is 3.09. The SMILES string of the molecule is O=C(O)[C@H]1CC=CC[C@H]1C(=O)Nc1ccc(S[C@@H]2CC(=O)N(c3ccc(Cl)c(Cl)c3)C2=O)cc1. The van der Waals surface area contributed by atoms with Crippen LogP contribution >= 0.6 is 35.0 Å². The van der Waals surface area contributed by atoms with Gasteiger partial charge in [-0.25, -0.2) is 4.90 Å². The van der Waals surface area contributed by atoms with Gasteiger partial charge in [0.15, 0.2) is 0 Å². The van der Waals surface area contributed by atoms with Gasteiger partial charge in [-0.2, -0.15) is 0 Å². The van der Waals surface area contributed by atoms with Gasteiger partial charge in [0, 0.05) is 17.0 Å². The molecule has 0 saturated carbocycles. The number of nitrogens with zero attached hydrogens (tertiary/aromatic N) is 1. The van der Waals surface area contributed by atoms with E-state index in [1.807, 2.05) is 6.08 Å². The molecule has 3 atom stereocenters. The quantitative estimate of drug-likeness (QED) is 0.410. The van der Waals surface area contributed by atoms with Gasteiger partial charge in [0.25, 0.3) is 0 Å². The number of anilines is 2. The molecule has 1 aliphatic carbocycles. The Morgan fingerprint density at radius 3 is 2.29 bits per heavy atom. The number of halogens is 2. The topological polar surface area (TPSA) is 104 Å². The van der Waals surface area contributed by atoms with Crippen LogP contribution < -0.4 is 10.2 Å². The first kappa shape index (κ1) is 24.3. The molecule has 1 saturated heterocycles. The zero-order valence-electron chi connectivity index (χ0n) is 17.7. The first-order chi connectivity index (χ1) is 16.2. The van der Waals surface area contributed by atoms with Crippen molar-refractivity contribution in [2.45, 2.75) is 29.4 Å². The van der Waals surface area contributed by atoms with Gasteiger partial charge in [0.2, 0.25) is 17.7 Å². The molecule has 1 fully saturated rings. The minimum atomic E-state index is -0.984. The first-order valence-electron chi connectivity index (χ1n) is 10.5. The second-order valence-corrected chi connectivity index (χ2v) is 10.1. The third kappa shape index (κ3) is 5.14. The van der Waals surface area contributed by atoms with E-state index < -0.39 is 23.1 Å². The average molecular weight is 519 g/mol. The van der Waals surface area contributed by atoms with Gasteiger partial charge in [-0.05, 0) is 55.3 Å². The van der Waals surface area contributed by atoms with Crippen LogP contribution in [0.3, 0.4) is 0 Å². The standard InChI is InChI=1S/C24H20Cl2N2O5S/c25-18-10-7-14(11-19(18)26)28-21(29)12-20(23(28)31)34-15-8-5-13(6-9-15)27-22(30)16-3-1-2-4-17(16)24(32)33/h1-2,5-11,16-17,20H,3-4,12H2,(H,27,30)(H,32,33)/t16-,17+,20-/m1/s1. The van der Waals surface area contributed by atoms with Crippen LogP contribution in [-0.4, -0.2) is 34.0 Å². The summed E-state index contributed by atoms with van der Waals surface area (Å²) in [6.45, 7) is 0. The summed E-state index contributed by atoms with van der Waals surface area (Å²) in [5.41, 5.74) is 0.905. The summed E-state index contributed by atoms with van der Waals surface area (Å²) in [5.74, 6) is -3.36. The number of carbonyl (C=O) groups excluding carboxylic acids is 3. The summed E-state index contributed by atoms with van der Waals surface area (Å²) in [6.07, 6.45) is 4.37. The summed E-state index contributed by atoms with van der Waals surface area (Å²) in [5, 5.41) is 12.1. The lowest BCUT2D eigenvalue weighted by Crippen LogP contribution is -2.34. The highest BCUT2D eigenvalue weighted by atomic mass is 35.5. The molecular formula is C24H20Cl2N2O5S. The van der Waals surface area contributed by atoms with Crippen molar-refractivity contribution < 1.29 is 24.3 Å². The van der Waals surface area contributed by atoms with E-state index in [9.17, 15) is 24.3 Å². The fraction of sp³-hybridized carbons (Fsp3) is 0.250. The molecule has 34 heavy (non-hydrogen) atoms. The van der Waals surface area contributed by atoms with Crippen LogP contribution in [0.2, 0.25) is 10.0 Å². The molecule has 0 aromatic heterocycles. The molecule has 10 heteroatoms. The third-order valence-electron chi connectivity index (χ3n) is 5.75. The number of nitrogens with one attached hydrogen (secondary N) is 1.